The van der Waals surface area contributed by atoms with E-state index in [1.165, 1.54) is 0 Å². The van der Waals surface area contributed by atoms with Crippen LogP contribution >= 0.6 is 15.9 Å². The Morgan fingerprint density at radius 3 is 2.94 bits per heavy atom. The standard InChI is InChI=1S/C12H19BrN4O/c1-4-14-10-9(13)11(16-8-15-10)17-5-6-18-12(2,3)7-17/h8H,4-7H2,1-3H3,(H,14,15,16). The van der Waals surface area contributed by atoms with Crippen LogP contribution < -0.4 is 10.2 Å². The van der Waals surface area contributed by atoms with Gasteiger partial charge >= 0.3 is 0 Å². The molecule has 1 N–H and O–H groups in total. The smallest absolute Gasteiger partial charge is 0.148 e. The molecule has 0 saturated carbocycles. The van der Waals surface area contributed by atoms with E-state index in [0.717, 1.165) is 42.3 Å². The lowest BCUT2D eigenvalue weighted by atomic mass is 10.1. The molecule has 1 aromatic heterocycles. The van der Waals surface area contributed by atoms with Crippen molar-refractivity contribution in [3.8, 4) is 0 Å². The van der Waals surface area contributed by atoms with Gasteiger partial charge in [-0.05, 0) is 36.7 Å². The van der Waals surface area contributed by atoms with Crippen molar-refractivity contribution >= 4 is 27.6 Å². The summed E-state index contributed by atoms with van der Waals surface area (Å²) >= 11 is 3.59. The highest BCUT2D eigenvalue weighted by molar-refractivity contribution is 9.10. The summed E-state index contributed by atoms with van der Waals surface area (Å²) in [5, 5.41) is 3.22. The van der Waals surface area contributed by atoms with Gasteiger partial charge in [-0.15, -0.1) is 0 Å². The molecule has 1 aliphatic rings. The fraction of sp³-hybridized carbons (Fsp3) is 0.667. The van der Waals surface area contributed by atoms with Crippen LogP contribution in [0.4, 0.5) is 11.6 Å². The number of morpholine rings is 1. The van der Waals surface area contributed by atoms with E-state index in [0.29, 0.717) is 0 Å². The number of rotatable bonds is 3. The maximum absolute atomic E-state index is 5.72. The van der Waals surface area contributed by atoms with Crippen molar-refractivity contribution in [3.05, 3.63) is 10.8 Å². The first-order valence-corrected chi connectivity index (χ1v) is 6.96. The maximum atomic E-state index is 5.72. The third kappa shape index (κ3) is 2.92. The Labute approximate surface area is 116 Å². The van der Waals surface area contributed by atoms with Gasteiger partial charge in [0.05, 0.1) is 12.2 Å². The number of anilines is 2. The van der Waals surface area contributed by atoms with Crippen LogP contribution in [0.2, 0.25) is 0 Å². The van der Waals surface area contributed by atoms with Gasteiger partial charge in [0, 0.05) is 19.6 Å². The fourth-order valence-corrected chi connectivity index (χ4v) is 2.66. The molecule has 0 radical (unpaired) electrons. The maximum Gasteiger partial charge on any atom is 0.148 e. The van der Waals surface area contributed by atoms with Gasteiger partial charge in [-0.25, -0.2) is 9.97 Å². The zero-order chi connectivity index (χ0) is 13.2. The normalized spacial score (nSPS) is 18.8. The molecule has 0 unspecified atom stereocenters. The van der Waals surface area contributed by atoms with Crippen LogP contribution in [0.15, 0.2) is 10.8 Å². The average Bonchev–Trinajstić information content (AvgIpc) is 2.31. The second kappa shape index (κ2) is 5.40. The van der Waals surface area contributed by atoms with Gasteiger partial charge in [-0.3, -0.25) is 0 Å². The molecule has 2 rings (SSSR count). The van der Waals surface area contributed by atoms with E-state index in [2.05, 4.69) is 50.0 Å². The highest BCUT2D eigenvalue weighted by Crippen LogP contribution is 2.31. The van der Waals surface area contributed by atoms with Crippen molar-refractivity contribution in [2.24, 2.45) is 0 Å². The molecule has 100 valence electrons. The van der Waals surface area contributed by atoms with Crippen molar-refractivity contribution < 1.29 is 4.74 Å². The molecule has 1 fully saturated rings. The van der Waals surface area contributed by atoms with E-state index in [1.807, 2.05) is 6.92 Å². The SMILES string of the molecule is CCNc1ncnc(N2CCOC(C)(C)C2)c1Br. The molecule has 0 spiro atoms. The van der Waals surface area contributed by atoms with E-state index >= 15 is 0 Å². The van der Waals surface area contributed by atoms with Crippen molar-refractivity contribution in [2.45, 2.75) is 26.4 Å². The van der Waals surface area contributed by atoms with Crippen molar-refractivity contribution in [1.29, 1.82) is 0 Å². The predicted octanol–water partition coefficient (Wildman–Crippen LogP) is 2.29. The minimum atomic E-state index is -0.138. The largest absolute Gasteiger partial charge is 0.372 e. The molecule has 0 aromatic carbocycles. The Balaban J connectivity index is 2.25. The van der Waals surface area contributed by atoms with Gasteiger partial charge in [0.1, 0.15) is 22.4 Å². The van der Waals surface area contributed by atoms with E-state index in [9.17, 15) is 0 Å². The van der Waals surface area contributed by atoms with Gasteiger partial charge in [0.25, 0.3) is 0 Å². The zero-order valence-corrected chi connectivity index (χ0v) is 12.6. The monoisotopic (exact) mass is 314 g/mol. The predicted molar refractivity (Wildman–Crippen MR) is 76.1 cm³/mol. The summed E-state index contributed by atoms with van der Waals surface area (Å²) in [6, 6.07) is 0. The third-order valence-corrected chi connectivity index (χ3v) is 3.57. The quantitative estimate of drug-likeness (QED) is 0.927. The summed E-state index contributed by atoms with van der Waals surface area (Å²) in [6.07, 6.45) is 1.60. The van der Waals surface area contributed by atoms with Crippen LogP contribution in [-0.2, 0) is 4.74 Å². The molecule has 5 nitrogen and oxygen atoms in total. The molecule has 0 aliphatic carbocycles. The summed E-state index contributed by atoms with van der Waals surface area (Å²) < 4.78 is 6.64. The van der Waals surface area contributed by atoms with Crippen LogP contribution in [0.5, 0.6) is 0 Å². The molecular formula is C12H19BrN4O. The molecule has 18 heavy (non-hydrogen) atoms. The van der Waals surface area contributed by atoms with Crippen molar-refractivity contribution in [3.63, 3.8) is 0 Å². The number of hydrogen-bond donors (Lipinski definition) is 1. The van der Waals surface area contributed by atoms with Crippen LogP contribution in [0, 0.1) is 0 Å². The summed E-state index contributed by atoms with van der Waals surface area (Å²) in [6.45, 7) is 9.48. The van der Waals surface area contributed by atoms with Gasteiger partial charge in [0.2, 0.25) is 0 Å². The number of hydrogen-bond acceptors (Lipinski definition) is 5. The molecule has 2 heterocycles. The van der Waals surface area contributed by atoms with Crippen LogP contribution in [0.25, 0.3) is 0 Å². The van der Waals surface area contributed by atoms with Crippen LogP contribution in [0.1, 0.15) is 20.8 Å². The number of ether oxygens (including phenoxy) is 1. The molecule has 1 aromatic rings. The Hall–Kier alpha value is -0.880. The Bertz CT molecular complexity index is 425. The molecular weight excluding hydrogens is 296 g/mol. The molecule has 0 atom stereocenters. The first kappa shape index (κ1) is 13.5. The number of nitrogens with one attached hydrogen (secondary N) is 1. The van der Waals surface area contributed by atoms with Crippen molar-refractivity contribution in [2.75, 3.05) is 36.5 Å². The Morgan fingerprint density at radius 1 is 1.50 bits per heavy atom. The van der Waals surface area contributed by atoms with Gasteiger partial charge in [-0.2, -0.15) is 0 Å². The van der Waals surface area contributed by atoms with Crippen molar-refractivity contribution in [1.82, 2.24) is 9.97 Å². The van der Waals surface area contributed by atoms with Gasteiger partial charge in [-0.1, -0.05) is 0 Å². The molecule has 0 amide bonds. The second-order valence-electron chi connectivity index (χ2n) is 4.92. The minimum Gasteiger partial charge on any atom is -0.372 e. The topological polar surface area (TPSA) is 50.3 Å². The Morgan fingerprint density at radius 2 is 2.28 bits per heavy atom. The average molecular weight is 315 g/mol. The van der Waals surface area contributed by atoms with Crippen LogP contribution in [0.3, 0.4) is 0 Å². The number of halogens is 1. The van der Waals surface area contributed by atoms with Gasteiger partial charge in [0.15, 0.2) is 0 Å². The zero-order valence-electron chi connectivity index (χ0n) is 11.0. The summed E-state index contributed by atoms with van der Waals surface area (Å²) in [5.41, 5.74) is -0.138. The van der Waals surface area contributed by atoms with E-state index < -0.39 is 0 Å². The third-order valence-electron chi connectivity index (χ3n) is 2.84. The number of nitrogens with zero attached hydrogens (tertiary/aromatic N) is 3. The lowest BCUT2D eigenvalue weighted by Gasteiger charge is -2.39. The van der Waals surface area contributed by atoms with Gasteiger partial charge < -0.3 is 15.0 Å². The second-order valence-corrected chi connectivity index (χ2v) is 5.71. The van der Waals surface area contributed by atoms with E-state index in [1.54, 1.807) is 6.33 Å². The Kier molecular flexibility index (Phi) is 4.07. The summed E-state index contributed by atoms with van der Waals surface area (Å²) in [7, 11) is 0. The fourth-order valence-electron chi connectivity index (χ4n) is 2.07. The minimum absolute atomic E-state index is 0.138. The van der Waals surface area contributed by atoms with Crippen LogP contribution in [-0.4, -0.2) is 41.8 Å². The van der Waals surface area contributed by atoms with E-state index in [4.69, 9.17) is 4.74 Å². The molecule has 1 aliphatic heterocycles. The highest BCUT2D eigenvalue weighted by atomic mass is 79.9. The van der Waals surface area contributed by atoms with E-state index in [-0.39, 0.29) is 5.60 Å². The molecule has 6 heteroatoms. The molecule has 0 bridgehead atoms. The lowest BCUT2D eigenvalue weighted by molar-refractivity contribution is -0.0279. The highest BCUT2D eigenvalue weighted by Gasteiger charge is 2.29. The summed E-state index contributed by atoms with van der Waals surface area (Å²) in [5.74, 6) is 1.77. The number of aromatic nitrogens is 2. The first-order valence-electron chi connectivity index (χ1n) is 6.17. The molecule has 1 saturated heterocycles. The first-order chi connectivity index (χ1) is 8.53. The summed E-state index contributed by atoms with van der Waals surface area (Å²) in [4.78, 5) is 10.8. The lowest BCUT2D eigenvalue weighted by Crippen LogP contribution is -2.48.